The van der Waals surface area contributed by atoms with Crippen LogP contribution < -0.4 is 24.8 Å². The molecule has 0 spiro atoms. The molecule has 1 heterocycles. The van der Waals surface area contributed by atoms with Crippen molar-refractivity contribution in [3.05, 3.63) is 17.7 Å². The molecule has 0 amide bonds. The van der Waals surface area contributed by atoms with Gasteiger partial charge in [-0.3, -0.25) is 4.99 Å². The lowest BCUT2D eigenvalue weighted by Crippen LogP contribution is -2.42. The molecule has 1 aromatic carbocycles. The van der Waals surface area contributed by atoms with Crippen LogP contribution in [0.5, 0.6) is 17.2 Å². The van der Waals surface area contributed by atoms with E-state index >= 15 is 0 Å². The molecule has 1 saturated heterocycles. The summed E-state index contributed by atoms with van der Waals surface area (Å²) in [5.74, 6) is 2.69. The number of guanidine groups is 1. The average Bonchev–Trinajstić information content (AvgIpc) is 2.70. The van der Waals surface area contributed by atoms with Crippen molar-refractivity contribution < 1.29 is 14.2 Å². The van der Waals surface area contributed by atoms with E-state index in [9.17, 15) is 0 Å². The Kier molecular flexibility index (Phi) is 8.34. The third-order valence-corrected chi connectivity index (χ3v) is 4.58. The number of ether oxygens (including phenoxy) is 3. The first kappa shape index (κ1) is 20.2. The summed E-state index contributed by atoms with van der Waals surface area (Å²) in [7, 11) is 6.63. The first-order valence-electron chi connectivity index (χ1n) is 9.17. The molecule has 2 N–H and O–H groups in total. The minimum Gasteiger partial charge on any atom is -0.493 e. The van der Waals surface area contributed by atoms with Crippen molar-refractivity contribution in [1.82, 2.24) is 15.5 Å². The van der Waals surface area contributed by atoms with Gasteiger partial charge in [0.15, 0.2) is 17.5 Å². The van der Waals surface area contributed by atoms with Crippen LogP contribution in [0, 0.1) is 0 Å². The Hall–Kier alpha value is -2.15. The Morgan fingerprint density at radius 1 is 1.00 bits per heavy atom. The van der Waals surface area contributed by atoms with E-state index in [2.05, 4.69) is 20.5 Å². The summed E-state index contributed by atoms with van der Waals surface area (Å²) in [5.41, 5.74) is 1.03. The molecule has 1 aromatic rings. The molecule has 0 aliphatic carbocycles. The van der Waals surface area contributed by atoms with Crippen molar-refractivity contribution in [2.24, 2.45) is 4.99 Å². The fourth-order valence-corrected chi connectivity index (χ4v) is 3.16. The van der Waals surface area contributed by atoms with E-state index in [1.165, 1.54) is 32.4 Å². The second-order valence-electron chi connectivity index (χ2n) is 6.29. The Bertz CT molecular complexity index is 561. The highest BCUT2D eigenvalue weighted by molar-refractivity contribution is 5.79. The summed E-state index contributed by atoms with van der Waals surface area (Å²) in [6.45, 7) is 4.96. The van der Waals surface area contributed by atoms with Crippen molar-refractivity contribution in [1.29, 1.82) is 0 Å². The smallest absolute Gasteiger partial charge is 0.203 e. The van der Waals surface area contributed by atoms with Crippen molar-refractivity contribution in [2.75, 3.05) is 54.6 Å². The zero-order valence-electron chi connectivity index (χ0n) is 16.4. The quantitative estimate of drug-likeness (QED) is 0.542. The molecule has 7 heteroatoms. The van der Waals surface area contributed by atoms with Gasteiger partial charge in [0.25, 0.3) is 0 Å². The predicted octanol–water partition coefficient (Wildman–Crippen LogP) is 1.86. The highest BCUT2D eigenvalue weighted by atomic mass is 16.5. The molecule has 0 atom stereocenters. The van der Waals surface area contributed by atoms with Crippen molar-refractivity contribution in [3.63, 3.8) is 0 Å². The number of benzene rings is 1. The lowest BCUT2D eigenvalue weighted by molar-refractivity contribution is 0.232. The van der Waals surface area contributed by atoms with Crippen LogP contribution in [0.1, 0.15) is 24.8 Å². The number of nitrogens with zero attached hydrogens (tertiary/aromatic N) is 2. The minimum absolute atomic E-state index is 0.600. The number of likely N-dealkylation sites (tertiary alicyclic amines) is 1. The van der Waals surface area contributed by atoms with Crippen molar-refractivity contribution in [3.8, 4) is 17.2 Å². The van der Waals surface area contributed by atoms with E-state index in [0.717, 1.165) is 24.6 Å². The molecular weight excluding hydrogens is 332 g/mol. The monoisotopic (exact) mass is 364 g/mol. The van der Waals surface area contributed by atoms with E-state index in [0.29, 0.717) is 23.8 Å². The zero-order chi connectivity index (χ0) is 18.8. The minimum atomic E-state index is 0.600. The predicted molar refractivity (Wildman–Crippen MR) is 105 cm³/mol. The second-order valence-corrected chi connectivity index (χ2v) is 6.29. The molecule has 0 aromatic heterocycles. The number of hydrogen-bond donors (Lipinski definition) is 2. The summed E-state index contributed by atoms with van der Waals surface area (Å²) in [4.78, 5) is 6.80. The van der Waals surface area contributed by atoms with E-state index in [1.807, 2.05) is 12.1 Å². The lowest BCUT2D eigenvalue weighted by Gasteiger charge is -2.26. The average molecular weight is 364 g/mol. The summed E-state index contributed by atoms with van der Waals surface area (Å²) < 4.78 is 16.2. The van der Waals surface area contributed by atoms with Crippen LogP contribution in [0.3, 0.4) is 0 Å². The molecule has 1 fully saturated rings. The molecule has 1 aliphatic rings. The highest BCUT2D eigenvalue weighted by Crippen LogP contribution is 2.38. The number of nitrogens with one attached hydrogen (secondary N) is 2. The molecule has 0 saturated carbocycles. The second kappa shape index (κ2) is 10.8. The van der Waals surface area contributed by atoms with Gasteiger partial charge in [0.2, 0.25) is 5.75 Å². The molecular formula is C19H32N4O3. The SMILES string of the molecule is CN=C(NCCN1CCCCC1)NCc1cc(OC)c(OC)c(OC)c1. The molecule has 0 radical (unpaired) electrons. The van der Waals surface area contributed by atoms with E-state index in [4.69, 9.17) is 14.2 Å². The van der Waals surface area contributed by atoms with Gasteiger partial charge in [-0.15, -0.1) is 0 Å². The molecule has 26 heavy (non-hydrogen) atoms. The summed E-state index contributed by atoms with van der Waals surface area (Å²) in [5, 5.41) is 6.71. The maximum absolute atomic E-state index is 5.40. The van der Waals surface area contributed by atoms with Gasteiger partial charge < -0.3 is 29.7 Å². The number of methoxy groups -OCH3 is 3. The number of hydrogen-bond acceptors (Lipinski definition) is 5. The zero-order valence-corrected chi connectivity index (χ0v) is 16.4. The third-order valence-electron chi connectivity index (χ3n) is 4.58. The van der Waals surface area contributed by atoms with Gasteiger partial charge in [-0.05, 0) is 43.6 Å². The van der Waals surface area contributed by atoms with Crippen LogP contribution in [-0.2, 0) is 6.54 Å². The number of aliphatic imine (C=N–C) groups is 1. The first-order valence-corrected chi connectivity index (χ1v) is 9.17. The Balaban J connectivity index is 1.87. The maximum Gasteiger partial charge on any atom is 0.203 e. The molecule has 1 aliphatic heterocycles. The van der Waals surface area contributed by atoms with Crippen LogP contribution in [0.25, 0.3) is 0 Å². The normalized spacial score (nSPS) is 15.5. The standard InChI is InChI=1S/C19H32N4O3/c1-20-19(21-8-11-23-9-6-5-7-10-23)22-14-15-12-16(24-2)18(26-4)17(13-15)25-3/h12-13H,5-11,14H2,1-4H3,(H2,20,21,22). The van der Waals surface area contributed by atoms with Gasteiger partial charge in [-0.1, -0.05) is 6.42 Å². The van der Waals surface area contributed by atoms with Crippen LogP contribution >= 0.6 is 0 Å². The lowest BCUT2D eigenvalue weighted by atomic mass is 10.1. The summed E-state index contributed by atoms with van der Waals surface area (Å²) >= 11 is 0. The van der Waals surface area contributed by atoms with Crippen LogP contribution in [0.2, 0.25) is 0 Å². The molecule has 0 unspecified atom stereocenters. The highest BCUT2D eigenvalue weighted by Gasteiger charge is 2.13. The molecule has 7 nitrogen and oxygen atoms in total. The van der Waals surface area contributed by atoms with Crippen LogP contribution in [-0.4, -0.2) is 65.4 Å². The van der Waals surface area contributed by atoms with E-state index in [1.54, 1.807) is 28.4 Å². The van der Waals surface area contributed by atoms with Gasteiger partial charge >= 0.3 is 0 Å². The number of rotatable bonds is 8. The van der Waals surface area contributed by atoms with Gasteiger partial charge in [-0.2, -0.15) is 0 Å². The molecule has 146 valence electrons. The van der Waals surface area contributed by atoms with Gasteiger partial charge in [0.1, 0.15) is 0 Å². The molecule has 0 bridgehead atoms. The fourth-order valence-electron chi connectivity index (χ4n) is 3.16. The first-order chi connectivity index (χ1) is 12.7. The number of piperidine rings is 1. The van der Waals surface area contributed by atoms with E-state index < -0.39 is 0 Å². The maximum atomic E-state index is 5.40. The topological polar surface area (TPSA) is 67.4 Å². The van der Waals surface area contributed by atoms with Gasteiger partial charge in [0, 0.05) is 26.7 Å². The Labute approximate surface area is 156 Å². The summed E-state index contributed by atoms with van der Waals surface area (Å²) in [6.07, 6.45) is 3.99. The van der Waals surface area contributed by atoms with Crippen molar-refractivity contribution >= 4 is 5.96 Å². The van der Waals surface area contributed by atoms with Crippen LogP contribution in [0.15, 0.2) is 17.1 Å². The Morgan fingerprint density at radius 3 is 2.19 bits per heavy atom. The van der Waals surface area contributed by atoms with E-state index in [-0.39, 0.29) is 0 Å². The van der Waals surface area contributed by atoms with Gasteiger partial charge in [0.05, 0.1) is 21.3 Å². The van der Waals surface area contributed by atoms with Gasteiger partial charge in [-0.25, -0.2) is 0 Å². The Morgan fingerprint density at radius 2 is 1.65 bits per heavy atom. The largest absolute Gasteiger partial charge is 0.493 e. The molecule has 2 rings (SSSR count). The van der Waals surface area contributed by atoms with Crippen LogP contribution in [0.4, 0.5) is 0 Å². The third kappa shape index (κ3) is 5.69. The summed E-state index contributed by atoms with van der Waals surface area (Å²) in [6, 6.07) is 3.88. The fraction of sp³-hybridized carbons (Fsp3) is 0.632. The van der Waals surface area contributed by atoms with Crippen molar-refractivity contribution in [2.45, 2.75) is 25.8 Å².